The van der Waals surface area contributed by atoms with Gasteiger partial charge >= 0.3 is 0 Å². The van der Waals surface area contributed by atoms with Crippen LogP contribution in [0.1, 0.15) is 25.8 Å². The lowest BCUT2D eigenvalue weighted by molar-refractivity contribution is 0.327. The molecule has 0 saturated heterocycles. The first-order valence-corrected chi connectivity index (χ1v) is 6.02. The Labute approximate surface area is 96.8 Å². The maximum absolute atomic E-state index is 5.64. The molecule has 0 fully saturated rings. The fourth-order valence-electron chi connectivity index (χ4n) is 2.09. The zero-order valence-corrected chi connectivity index (χ0v) is 10.0. The molecule has 0 aliphatic carbocycles. The summed E-state index contributed by atoms with van der Waals surface area (Å²) in [6, 6.07) is 4.01. The summed E-state index contributed by atoms with van der Waals surface area (Å²) in [6.07, 6.45) is 2.22. The molecule has 0 unspecified atom stereocenters. The first kappa shape index (κ1) is 11.1. The molecule has 0 aromatic heterocycles. The second-order valence-corrected chi connectivity index (χ2v) is 3.81. The molecule has 0 saturated carbocycles. The molecule has 1 heterocycles. The van der Waals surface area contributed by atoms with Crippen LogP contribution in [0.15, 0.2) is 12.1 Å². The second kappa shape index (κ2) is 5.10. The molecule has 3 nitrogen and oxygen atoms in total. The molecule has 2 rings (SSSR count). The SMILES string of the molecule is CCOc1ccc(OCC)c2c1CCCN2. The zero-order chi connectivity index (χ0) is 11.4. The number of anilines is 1. The second-order valence-electron chi connectivity index (χ2n) is 3.81. The normalized spacial score (nSPS) is 13.9. The first-order chi connectivity index (χ1) is 7.86. The maximum atomic E-state index is 5.64. The van der Waals surface area contributed by atoms with E-state index in [2.05, 4.69) is 5.32 Å². The van der Waals surface area contributed by atoms with Crippen LogP contribution in [-0.2, 0) is 6.42 Å². The highest BCUT2D eigenvalue weighted by Gasteiger charge is 2.18. The molecule has 0 radical (unpaired) electrons. The van der Waals surface area contributed by atoms with Gasteiger partial charge in [0.05, 0.1) is 18.9 Å². The van der Waals surface area contributed by atoms with Gasteiger partial charge < -0.3 is 14.8 Å². The van der Waals surface area contributed by atoms with Gasteiger partial charge in [0.2, 0.25) is 0 Å². The lowest BCUT2D eigenvalue weighted by Crippen LogP contribution is -2.14. The fraction of sp³-hybridized carbons (Fsp3) is 0.538. The molecule has 1 aromatic carbocycles. The molecule has 1 aliphatic rings. The van der Waals surface area contributed by atoms with Crippen LogP contribution >= 0.6 is 0 Å². The molecule has 1 aliphatic heterocycles. The third kappa shape index (κ3) is 2.08. The average Bonchev–Trinajstić information content (AvgIpc) is 2.33. The van der Waals surface area contributed by atoms with Crippen molar-refractivity contribution in [2.75, 3.05) is 25.1 Å². The van der Waals surface area contributed by atoms with Gasteiger partial charge in [-0.3, -0.25) is 0 Å². The maximum Gasteiger partial charge on any atom is 0.142 e. The van der Waals surface area contributed by atoms with Crippen LogP contribution in [0, 0.1) is 0 Å². The third-order valence-electron chi connectivity index (χ3n) is 2.74. The number of hydrogen-bond donors (Lipinski definition) is 1. The van der Waals surface area contributed by atoms with E-state index in [1.54, 1.807) is 0 Å². The third-order valence-corrected chi connectivity index (χ3v) is 2.74. The Morgan fingerprint density at radius 2 is 1.81 bits per heavy atom. The van der Waals surface area contributed by atoms with E-state index in [4.69, 9.17) is 9.47 Å². The van der Waals surface area contributed by atoms with E-state index in [1.807, 2.05) is 26.0 Å². The van der Waals surface area contributed by atoms with Crippen molar-refractivity contribution in [3.8, 4) is 11.5 Å². The summed E-state index contributed by atoms with van der Waals surface area (Å²) < 4.78 is 11.3. The lowest BCUT2D eigenvalue weighted by atomic mass is 10.0. The predicted octanol–water partition coefficient (Wildman–Crippen LogP) is 2.84. The van der Waals surface area contributed by atoms with Crippen LogP contribution in [0.2, 0.25) is 0 Å². The predicted molar refractivity (Wildman–Crippen MR) is 65.6 cm³/mol. The van der Waals surface area contributed by atoms with E-state index in [1.165, 1.54) is 5.56 Å². The van der Waals surface area contributed by atoms with Crippen molar-refractivity contribution in [2.45, 2.75) is 26.7 Å². The monoisotopic (exact) mass is 221 g/mol. The van der Waals surface area contributed by atoms with Crippen molar-refractivity contribution in [1.82, 2.24) is 0 Å². The van der Waals surface area contributed by atoms with Crippen molar-refractivity contribution in [2.24, 2.45) is 0 Å². The van der Waals surface area contributed by atoms with Gasteiger partial charge in [0, 0.05) is 12.1 Å². The molecular weight excluding hydrogens is 202 g/mol. The van der Waals surface area contributed by atoms with Crippen LogP contribution < -0.4 is 14.8 Å². The van der Waals surface area contributed by atoms with E-state index in [-0.39, 0.29) is 0 Å². The van der Waals surface area contributed by atoms with E-state index in [9.17, 15) is 0 Å². The van der Waals surface area contributed by atoms with Crippen LogP contribution in [0.25, 0.3) is 0 Å². The standard InChI is InChI=1S/C13H19NO2/c1-3-15-11-7-8-12(16-4-2)13-10(11)6-5-9-14-13/h7-8,14H,3-6,9H2,1-2H3. The van der Waals surface area contributed by atoms with Gasteiger partial charge in [-0.1, -0.05) is 0 Å². The summed E-state index contributed by atoms with van der Waals surface area (Å²) in [5, 5.41) is 3.41. The van der Waals surface area contributed by atoms with E-state index in [0.717, 1.165) is 36.6 Å². The Morgan fingerprint density at radius 3 is 2.56 bits per heavy atom. The van der Waals surface area contributed by atoms with E-state index < -0.39 is 0 Å². The van der Waals surface area contributed by atoms with Gasteiger partial charge in [0.1, 0.15) is 11.5 Å². The Hall–Kier alpha value is -1.38. The first-order valence-electron chi connectivity index (χ1n) is 6.02. The van der Waals surface area contributed by atoms with Gasteiger partial charge in [-0.25, -0.2) is 0 Å². The fourth-order valence-corrected chi connectivity index (χ4v) is 2.09. The van der Waals surface area contributed by atoms with Gasteiger partial charge in [0.25, 0.3) is 0 Å². The van der Waals surface area contributed by atoms with E-state index >= 15 is 0 Å². The summed E-state index contributed by atoms with van der Waals surface area (Å²) in [4.78, 5) is 0. The van der Waals surface area contributed by atoms with Crippen molar-refractivity contribution in [3.05, 3.63) is 17.7 Å². The number of benzene rings is 1. The summed E-state index contributed by atoms with van der Waals surface area (Å²) in [5.74, 6) is 1.94. The summed E-state index contributed by atoms with van der Waals surface area (Å²) in [7, 11) is 0. The minimum atomic E-state index is 0.697. The van der Waals surface area contributed by atoms with Crippen LogP contribution in [-0.4, -0.2) is 19.8 Å². The zero-order valence-electron chi connectivity index (χ0n) is 10.0. The molecule has 0 amide bonds. The number of nitrogens with one attached hydrogen (secondary N) is 1. The van der Waals surface area contributed by atoms with Crippen LogP contribution in [0.3, 0.4) is 0 Å². The number of ether oxygens (including phenoxy) is 2. The molecule has 0 bridgehead atoms. The Balaban J connectivity index is 2.37. The minimum Gasteiger partial charge on any atom is -0.494 e. The van der Waals surface area contributed by atoms with Crippen molar-refractivity contribution in [1.29, 1.82) is 0 Å². The summed E-state index contributed by atoms with van der Waals surface area (Å²) in [5.41, 5.74) is 2.39. The van der Waals surface area contributed by atoms with Crippen LogP contribution in [0.4, 0.5) is 5.69 Å². The summed E-state index contributed by atoms with van der Waals surface area (Å²) in [6.45, 7) is 6.44. The van der Waals surface area contributed by atoms with Gasteiger partial charge in [-0.15, -0.1) is 0 Å². The average molecular weight is 221 g/mol. The highest BCUT2D eigenvalue weighted by Crippen LogP contribution is 2.38. The quantitative estimate of drug-likeness (QED) is 0.848. The lowest BCUT2D eigenvalue weighted by Gasteiger charge is -2.23. The molecule has 1 aromatic rings. The number of hydrogen-bond acceptors (Lipinski definition) is 3. The highest BCUT2D eigenvalue weighted by molar-refractivity contribution is 5.67. The van der Waals surface area contributed by atoms with E-state index in [0.29, 0.717) is 13.2 Å². The highest BCUT2D eigenvalue weighted by atomic mass is 16.5. The minimum absolute atomic E-state index is 0.697. The smallest absolute Gasteiger partial charge is 0.142 e. The van der Waals surface area contributed by atoms with Gasteiger partial charge in [-0.05, 0) is 38.8 Å². The molecule has 88 valence electrons. The molecule has 0 spiro atoms. The molecule has 0 atom stereocenters. The van der Waals surface area contributed by atoms with Crippen molar-refractivity contribution >= 4 is 5.69 Å². The molecule has 1 N–H and O–H groups in total. The van der Waals surface area contributed by atoms with Crippen molar-refractivity contribution in [3.63, 3.8) is 0 Å². The topological polar surface area (TPSA) is 30.5 Å². The van der Waals surface area contributed by atoms with Crippen molar-refractivity contribution < 1.29 is 9.47 Å². The van der Waals surface area contributed by atoms with Gasteiger partial charge in [-0.2, -0.15) is 0 Å². The Kier molecular flexibility index (Phi) is 3.54. The van der Waals surface area contributed by atoms with Gasteiger partial charge in [0.15, 0.2) is 0 Å². The number of fused-ring (bicyclic) bond motifs is 1. The molecular formula is C13H19NO2. The molecule has 16 heavy (non-hydrogen) atoms. The number of rotatable bonds is 4. The Morgan fingerprint density at radius 1 is 1.12 bits per heavy atom. The largest absolute Gasteiger partial charge is 0.494 e. The summed E-state index contributed by atoms with van der Waals surface area (Å²) >= 11 is 0. The molecule has 3 heteroatoms. The van der Waals surface area contributed by atoms with Crippen LogP contribution in [0.5, 0.6) is 11.5 Å². The Bertz CT molecular complexity index is 328.